The Hall–Kier alpha value is -1.39. The number of nitrogen functional groups attached to an aromatic ring is 1. The number of ether oxygens (including phenoxy) is 1. The van der Waals surface area contributed by atoms with E-state index in [2.05, 4.69) is 0 Å². The molecular formula is C14H13ClFNOS. The molecule has 100 valence electrons. The summed E-state index contributed by atoms with van der Waals surface area (Å²) >= 11 is 7.54. The average molecular weight is 298 g/mol. The Bertz CT molecular complexity index is 592. The summed E-state index contributed by atoms with van der Waals surface area (Å²) in [7, 11) is 1.51. The first-order valence-corrected chi connectivity index (χ1v) is 6.96. The van der Waals surface area contributed by atoms with Crippen LogP contribution >= 0.6 is 23.4 Å². The molecule has 0 unspecified atom stereocenters. The van der Waals surface area contributed by atoms with E-state index < -0.39 is 0 Å². The van der Waals surface area contributed by atoms with Gasteiger partial charge >= 0.3 is 0 Å². The van der Waals surface area contributed by atoms with Crippen LogP contribution in [0.5, 0.6) is 5.75 Å². The van der Waals surface area contributed by atoms with Crippen LogP contribution in [-0.2, 0) is 5.75 Å². The molecule has 0 aromatic heterocycles. The molecule has 0 aliphatic heterocycles. The molecule has 0 saturated carbocycles. The Morgan fingerprint density at radius 1 is 1.26 bits per heavy atom. The molecule has 2 nitrogen and oxygen atoms in total. The SMILES string of the molecule is COc1ccc(CSc2ccc(N)cc2Cl)c(F)c1. The maximum Gasteiger partial charge on any atom is 0.130 e. The number of rotatable bonds is 4. The van der Waals surface area contributed by atoms with Crippen LogP contribution in [0, 0.1) is 5.82 Å². The zero-order valence-corrected chi connectivity index (χ0v) is 11.9. The van der Waals surface area contributed by atoms with Gasteiger partial charge in [-0.1, -0.05) is 17.7 Å². The molecule has 0 saturated heterocycles. The quantitative estimate of drug-likeness (QED) is 0.672. The van der Waals surface area contributed by atoms with Crippen molar-refractivity contribution in [2.45, 2.75) is 10.6 Å². The molecule has 0 bridgehead atoms. The van der Waals surface area contributed by atoms with Crippen LogP contribution in [0.2, 0.25) is 5.02 Å². The van der Waals surface area contributed by atoms with Gasteiger partial charge in [-0.3, -0.25) is 0 Å². The average Bonchev–Trinajstić information content (AvgIpc) is 2.39. The third-order valence-electron chi connectivity index (χ3n) is 2.60. The molecule has 2 rings (SSSR count). The lowest BCUT2D eigenvalue weighted by molar-refractivity contribution is 0.411. The van der Waals surface area contributed by atoms with Crippen molar-refractivity contribution < 1.29 is 9.13 Å². The van der Waals surface area contributed by atoms with E-state index in [1.165, 1.54) is 24.9 Å². The van der Waals surface area contributed by atoms with E-state index in [4.69, 9.17) is 22.1 Å². The Labute approximate surface area is 120 Å². The topological polar surface area (TPSA) is 35.2 Å². The minimum absolute atomic E-state index is 0.279. The minimum atomic E-state index is -0.279. The Kier molecular flexibility index (Phi) is 4.56. The van der Waals surface area contributed by atoms with Crippen molar-refractivity contribution in [2.75, 3.05) is 12.8 Å². The van der Waals surface area contributed by atoms with Crippen molar-refractivity contribution in [2.24, 2.45) is 0 Å². The molecule has 0 aliphatic carbocycles. The van der Waals surface area contributed by atoms with E-state index in [1.807, 2.05) is 6.07 Å². The highest BCUT2D eigenvalue weighted by Gasteiger charge is 2.07. The Balaban J connectivity index is 2.10. The summed E-state index contributed by atoms with van der Waals surface area (Å²) in [5.41, 5.74) is 6.85. The number of methoxy groups -OCH3 is 1. The van der Waals surface area contributed by atoms with E-state index >= 15 is 0 Å². The summed E-state index contributed by atoms with van der Waals surface area (Å²) < 4.78 is 18.7. The molecule has 2 aromatic carbocycles. The molecule has 0 heterocycles. The van der Waals surface area contributed by atoms with Gasteiger partial charge in [0.1, 0.15) is 11.6 Å². The maximum absolute atomic E-state index is 13.8. The predicted octanol–water partition coefficient (Wildman–Crippen LogP) is 4.36. The lowest BCUT2D eigenvalue weighted by Gasteiger charge is -2.07. The number of hydrogen-bond acceptors (Lipinski definition) is 3. The van der Waals surface area contributed by atoms with E-state index in [1.54, 1.807) is 24.3 Å². The van der Waals surface area contributed by atoms with E-state index in [-0.39, 0.29) is 5.82 Å². The highest BCUT2D eigenvalue weighted by molar-refractivity contribution is 7.98. The number of halogens is 2. The summed E-state index contributed by atoms with van der Waals surface area (Å²) in [6.07, 6.45) is 0. The summed E-state index contributed by atoms with van der Waals surface area (Å²) in [4.78, 5) is 0.881. The normalized spacial score (nSPS) is 10.5. The fourth-order valence-corrected chi connectivity index (χ4v) is 2.82. The maximum atomic E-state index is 13.8. The highest BCUT2D eigenvalue weighted by Crippen LogP contribution is 2.32. The summed E-state index contributed by atoms with van der Waals surface area (Å²) in [5.74, 6) is 0.731. The molecule has 0 fully saturated rings. The van der Waals surface area contributed by atoms with Crippen LogP contribution in [-0.4, -0.2) is 7.11 Å². The lowest BCUT2D eigenvalue weighted by Crippen LogP contribution is -1.91. The highest BCUT2D eigenvalue weighted by atomic mass is 35.5. The fourth-order valence-electron chi connectivity index (χ4n) is 1.56. The predicted molar refractivity (Wildman–Crippen MR) is 78.4 cm³/mol. The molecule has 0 radical (unpaired) electrons. The van der Waals surface area contributed by atoms with Crippen molar-refractivity contribution in [1.82, 2.24) is 0 Å². The standard InChI is InChI=1S/C14H13ClFNOS/c1-18-11-4-2-9(13(16)7-11)8-19-14-5-3-10(17)6-12(14)15/h2-7H,8,17H2,1H3. The van der Waals surface area contributed by atoms with Crippen molar-refractivity contribution in [3.63, 3.8) is 0 Å². The number of anilines is 1. The second-order valence-corrected chi connectivity index (χ2v) is 5.36. The number of thioether (sulfide) groups is 1. The van der Waals surface area contributed by atoms with Crippen LogP contribution in [0.25, 0.3) is 0 Å². The zero-order valence-electron chi connectivity index (χ0n) is 10.3. The molecule has 0 aliphatic rings. The molecule has 0 atom stereocenters. The molecule has 5 heteroatoms. The fraction of sp³-hybridized carbons (Fsp3) is 0.143. The van der Waals surface area contributed by atoms with Gasteiger partial charge in [-0.15, -0.1) is 11.8 Å². The van der Waals surface area contributed by atoms with Crippen LogP contribution in [0.15, 0.2) is 41.3 Å². The lowest BCUT2D eigenvalue weighted by atomic mass is 10.2. The van der Waals surface area contributed by atoms with Gasteiger partial charge in [-0.2, -0.15) is 0 Å². The minimum Gasteiger partial charge on any atom is -0.497 e. The zero-order chi connectivity index (χ0) is 13.8. The van der Waals surface area contributed by atoms with Gasteiger partial charge in [-0.25, -0.2) is 4.39 Å². The van der Waals surface area contributed by atoms with Gasteiger partial charge in [0, 0.05) is 22.4 Å². The molecule has 19 heavy (non-hydrogen) atoms. The summed E-state index contributed by atoms with van der Waals surface area (Å²) in [6.45, 7) is 0. The third kappa shape index (κ3) is 3.55. The van der Waals surface area contributed by atoms with E-state index in [0.29, 0.717) is 27.8 Å². The van der Waals surface area contributed by atoms with Crippen molar-refractivity contribution in [1.29, 1.82) is 0 Å². The van der Waals surface area contributed by atoms with Crippen molar-refractivity contribution in [3.05, 3.63) is 52.8 Å². The van der Waals surface area contributed by atoms with Crippen LogP contribution in [0.4, 0.5) is 10.1 Å². The van der Waals surface area contributed by atoms with Crippen molar-refractivity contribution >= 4 is 29.1 Å². The molecular weight excluding hydrogens is 285 g/mol. The monoisotopic (exact) mass is 297 g/mol. The number of hydrogen-bond donors (Lipinski definition) is 1. The van der Waals surface area contributed by atoms with Gasteiger partial charge in [0.05, 0.1) is 12.1 Å². The molecule has 0 amide bonds. The number of benzene rings is 2. The first-order valence-electron chi connectivity index (χ1n) is 5.60. The summed E-state index contributed by atoms with van der Waals surface area (Å²) in [6, 6.07) is 10.1. The summed E-state index contributed by atoms with van der Waals surface area (Å²) in [5, 5.41) is 0.582. The number of nitrogens with two attached hydrogens (primary N) is 1. The van der Waals surface area contributed by atoms with Crippen LogP contribution in [0.1, 0.15) is 5.56 Å². The Morgan fingerprint density at radius 2 is 2.05 bits per heavy atom. The van der Waals surface area contributed by atoms with Crippen molar-refractivity contribution in [3.8, 4) is 5.75 Å². The molecule has 2 N–H and O–H groups in total. The van der Waals surface area contributed by atoms with Gasteiger partial charge in [-0.05, 0) is 29.8 Å². The van der Waals surface area contributed by atoms with Gasteiger partial charge in [0.15, 0.2) is 0 Å². The van der Waals surface area contributed by atoms with E-state index in [9.17, 15) is 4.39 Å². The second kappa shape index (κ2) is 6.17. The second-order valence-electron chi connectivity index (χ2n) is 3.94. The van der Waals surface area contributed by atoms with Crippen LogP contribution in [0.3, 0.4) is 0 Å². The van der Waals surface area contributed by atoms with Gasteiger partial charge in [0.25, 0.3) is 0 Å². The third-order valence-corrected chi connectivity index (χ3v) is 4.15. The smallest absolute Gasteiger partial charge is 0.130 e. The van der Waals surface area contributed by atoms with Gasteiger partial charge < -0.3 is 10.5 Å². The first-order chi connectivity index (χ1) is 9.10. The van der Waals surface area contributed by atoms with Gasteiger partial charge in [0.2, 0.25) is 0 Å². The Morgan fingerprint density at radius 3 is 2.68 bits per heavy atom. The first kappa shape index (κ1) is 14.0. The largest absolute Gasteiger partial charge is 0.497 e. The van der Waals surface area contributed by atoms with E-state index in [0.717, 1.165) is 4.90 Å². The molecule has 0 spiro atoms. The van der Waals surface area contributed by atoms with Crippen LogP contribution < -0.4 is 10.5 Å². The molecule has 2 aromatic rings.